The summed E-state index contributed by atoms with van der Waals surface area (Å²) in [5.41, 5.74) is 4.12. The number of rotatable bonds is 4. The number of aromatic nitrogens is 2. The number of likely N-dealkylation sites (N-methyl/N-ethyl adjacent to an activating group) is 1. The SMILES string of the molecule is CC(c1cn(C)c2ccccc12)N(C)C(=O)C=Cc1cnc2c(c1)CCC(=O)N2. The average Bonchev–Trinajstić information content (AvgIpc) is 3.07. The maximum absolute atomic E-state index is 12.8. The number of carbonyl (C=O) groups excluding carboxylic acids is 2. The molecule has 29 heavy (non-hydrogen) atoms. The Balaban J connectivity index is 1.51. The predicted molar refractivity (Wildman–Crippen MR) is 114 cm³/mol. The molecule has 0 fully saturated rings. The average molecular weight is 388 g/mol. The van der Waals surface area contributed by atoms with Gasteiger partial charge in [-0.2, -0.15) is 0 Å². The van der Waals surface area contributed by atoms with Crippen LogP contribution >= 0.6 is 0 Å². The lowest BCUT2D eigenvalue weighted by atomic mass is 10.0. The van der Waals surface area contributed by atoms with E-state index in [0.717, 1.165) is 27.6 Å². The predicted octanol–water partition coefficient (Wildman–Crippen LogP) is 3.69. The fraction of sp³-hybridized carbons (Fsp3) is 0.261. The molecule has 4 rings (SSSR count). The number of aryl methyl sites for hydroxylation is 2. The van der Waals surface area contributed by atoms with Crippen LogP contribution in [0.1, 0.15) is 36.1 Å². The van der Waals surface area contributed by atoms with E-state index in [9.17, 15) is 9.59 Å². The van der Waals surface area contributed by atoms with Crippen LogP contribution in [0.25, 0.3) is 17.0 Å². The number of amides is 2. The smallest absolute Gasteiger partial charge is 0.246 e. The van der Waals surface area contributed by atoms with Crippen LogP contribution in [0.2, 0.25) is 0 Å². The molecule has 1 aromatic carbocycles. The Morgan fingerprint density at radius 3 is 2.93 bits per heavy atom. The van der Waals surface area contributed by atoms with Gasteiger partial charge >= 0.3 is 0 Å². The third kappa shape index (κ3) is 3.66. The van der Waals surface area contributed by atoms with E-state index in [1.807, 2.05) is 39.2 Å². The number of nitrogens with zero attached hydrogens (tertiary/aromatic N) is 3. The van der Waals surface area contributed by atoms with E-state index in [0.29, 0.717) is 18.7 Å². The van der Waals surface area contributed by atoms with Crippen molar-refractivity contribution in [3.63, 3.8) is 0 Å². The number of anilines is 1. The van der Waals surface area contributed by atoms with Gasteiger partial charge in [-0.05, 0) is 48.2 Å². The summed E-state index contributed by atoms with van der Waals surface area (Å²) in [7, 11) is 3.84. The highest BCUT2D eigenvalue weighted by molar-refractivity contribution is 5.94. The van der Waals surface area contributed by atoms with Crippen molar-refractivity contribution in [1.82, 2.24) is 14.5 Å². The molecule has 3 heterocycles. The van der Waals surface area contributed by atoms with Crippen molar-refractivity contribution in [3.8, 4) is 0 Å². The number of pyridine rings is 1. The highest BCUT2D eigenvalue weighted by Crippen LogP contribution is 2.29. The molecule has 1 aliphatic heterocycles. The van der Waals surface area contributed by atoms with Gasteiger partial charge in [0, 0.05) is 49.9 Å². The fourth-order valence-electron chi connectivity index (χ4n) is 3.76. The minimum Gasteiger partial charge on any atom is -0.350 e. The van der Waals surface area contributed by atoms with Gasteiger partial charge in [0.25, 0.3) is 0 Å². The number of benzene rings is 1. The topological polar surface area (TPSA) is 67.2 Å². The normalized spacial score (nSPS) is 14.7. The first-order chi connectivity index (χ1) is 13.9. The summed E-state index contributed by atoms with van der Waals surface area (Å²) < 4.78 is 2.09. The van der Waals surface area contributed by atoms with Crippen LogP contribution < -0.4 is 5.32 Å². The first kappa shape index (κ1) is 18.9. The number of nitrogens with one attached hydrogen (secondary N) is 1. The molecular formula is C23H24N4O2. The summed E-state index contributed by atoms with van der Waals surface area (Å²) in [5.74, 6) is 0.537. The van der Waals surface area contributed by atoms with Crippen LogP contribution in [0.3, 0.4) is 0 Å². The van der Waals surface area contributed by atoms with E-state index in [2.05, 4.69) is 33.2 Å². The Bertz CT molecular complexity index is 1130. The molecule has 3 aromatic rings. The Kier molecular flexibility index (Phi) is 4.92. The van der Waals surface area contributed by atoms with Crippen LogP contribution in [0, 0.1) is 0 Å². The second-order valence-corrected chi connectivity index (χ2v) is 7.50. The zero-order valence-electron chi connectivity index (χ0n) is 16.8. The van der Waals surface area contributed by atoms with Crippen molar-refractivity contribution in [3.05, 3.63) is 65.5 Å². The molecule has 1 aliphatic rings. The molecule has 0 aliphatic carbocycles. The van der Waals surface area contributed by atoms with Crippen LogP contribution in [0.15, 0.2) is 48.8 Å². The lowest BCUT2D eigenvalue weighted by molar-refractivity contribution is -0.126. The molecule has 1 atom stereocenters. The third-order valence-electron chi connectivity index (χ3n) is 5.59. The van der Waals surface area contributed by atoms with E-state index < -0.39 is 0 Å². The summed E-state index contributed by atoms with van der Waals surface area (Å²) in [6.07, 6.45) is 8.24. The first-order valence-electron chi connectivity index (χ1n) is 9.71. The van der Waals surface area contributed by atoms with Gasteiger partial charge in [-0.25, -0.2) is 4.98 Å². The molecule has 0 saturated heterocycles. The summed E-state index contributed by atoms with van der Waals surface area (Å²) in [6.45, 7) is 2.04. The number of para-hydroxylation sites is 1. The summed E-state index contributed by atoms with van der Waals surface area (Å²) in [6, 6.07) is 10.1. The monoisotopic (exact) mass is 388 g/mol. The van der Waals surface area contributed by atoms with Gasteiger partial charge in [-0.1, -0.05) is 18.2 Å². The van der Waals surface area contributed by atoms with E-state index >= 15 is 0 Å². The Hall–Kier alpha value is -3.41. The summed E-state index contributed by atoms with van der Waals surface area (Å²) in [4.78, 5) is 30.3. The lowest BCUT2D eigenvalue weighted by Gasteiger charge is -2.23. The van der Waals surface area contributed by atoms with Gasteiger partial charge in [-0.3, -0.25) is 9.59 Å². The molecule has 0 spiro atoms. The molecule has 2 aromatic heterocycles. The molecule has 6 nitrogen and oxygen atoms in total. The third-order valence-corrected chi connectivity index (χ3v) is 5.59. The van der Waals surface area contributed by atoms with Gasteiger partial charge in [-0.15, -0.1) is 0 Å². The van der Waals surface area contributed by atoms with E-state index in [1.54, 1.807) is 23.2 Å². The van der Waals surface area contributed by atoms with Crippen LogP contribution in [-0.2, 0) is 23.1 Å². The van der Waals surface area contributed by atoms with Gasteiger partial charge < -0.3 is 14.8 Å². The van der Waals surface area contributed by atoms with Gasteiger partial charge in [0.05, 0.1) is 6.04 Å². The zero-order chi connectivity index (χ0) is 20.5. The lowest BCUT2D eigenvalue weighted by Crippen LogP contribution is -2.27. The molecule has 1 N–H and O–H groups in total. The Morgan fingerprint density at radius 1 is 1.31 bits per heavy atom. The standard InChI is InChI=1S/C23H24N4O2/c1-15(19-14-26(2)20-7-5-4-6-18(19)20)27(3)22(29)11-8-16-12-17-9-10-21(28)25-23(17)24-13-16/h4-8,11-15H,9-10H2,1-3H3,(H,24,25,28). The molecular weight excluding hydrogens is 364 g/mol. The highest BCUT2D eigenvalue weighted by atomic mass is 16.2. The van der Waals surface area contributed by atoms with Crippen molar-refractivity contribution in [2.24, 2.45) is 7.05 Å². The molecule has 1 unspecified atom stereocenters. The quantitative estimate of drug-likeness (QED) is 0.693. The second kappa shape index (κ2) is 7.54. The minimum absolute atomic E-state index is 0.00693. The van der Waals surface area contributed by atoms with Crippen LogP contribution in [-0.4, -0.2) is 33.3 Å². The maximum Gasteiger partial charge on any atom is 0.246 e. The Morgan fingerprint density at radius 2 is 2.10 bits per heavy atom. The highest BCUT2D eigenvalue weighted by Gasteiger charge is 2.20. The van der Waals surface area contributed by atoms with Crippen molar-refractivity contribution >= 4 is 34.6 Å². The molecule has 148 valence electrons. The number of hydrogen-bond acceptors (Lipinski definition) is 3. The van der Waals surface area contributed by atoms with Crippen molar-refractivity contribution < 1.29 is 9.59 Å². The first-order valence-corrected chi connectivity index (χ1v) is 9.71. The van der Waals surface area contributed by atoms with Gasteiger partial charge in [0.15, 0.2) is 0 Å². The zero-order valence-corrected chi connectivity index (χ0v) is 16.8. The fourth-order valence-corrected chi connectivity index (χ4v) is 3.76. The molecule has 0 radical (unpaired) electrons. The molecule has 0 bridgehead atoms. The maximum atomic E-state index is 12.8. The van der Waals surface area contributed by atoms with Gasteiger partial charge in [0.1, 0.15) is 5.82 Å². The molecule has 6 heteroatoms. The minimum atomic E-state index is -0.0727. The summed E-state index contributed by atoms with van der Waals surface area (Å²) in [5, 5.41) is 3.93. The van der Waals surface area contributed by atoms with Crippen molar-refractivity contribution in [2.75, 3.05) is 12.4 Å². The molecule has 0 saturated carbocycles. The number of fused-ring (bicyclic) bond motifs is 2. The molecule has 2 amide bonds. The van der Waals surface area contributed by atoms with Crippen molar-refractivity contribution in [2.45, 2.75) is 25.8 Å². The van der Waals surface area contributed by atoms with E-state index in [-0.39, 0.29) is 17.9 Å². The van der Waals surface area contributed by atoms with E-state index in [1.165, 1.54) is 0 Å². The second-order valence-electron chi connectivity index (χ2n) is 7.50. The van der Waals surface area contributed by atoms with Gasteiger partial charge in [0.2, 0.25) is 11.8 Å². The Labute approximate surface area is 169 Å². The van der Waals surface area contributed by atoms with Crippen LogP contribution in [0.5, 0.6) is 0 Å². The number of carbonyl (C=O) groups is 2. The van der Waals surface area contributed by atoms with Crippen LogP contribution in [0.4, 0.5) is 5.82 Å². The van der Waals surface area contributed by atoms with E-state index in [4.69, 9.17) is 0 Å². The summed E-state index contributed by atoms with van der Waals surface area (Å²) >= 11 is 0. The van der Waals surface area contributed by atoms with Crippen molar-refractivity contribution in [1.29, 1.82) is 0 Å². The largest absolute Gasteiger partial charge is 0.350 e. The number of hydrogen-bond donors (Lipinski definition) is 1.